The first-order valence-electron chi connectivity index (χ1n) is 5.31. The lowest BCUT2D eigenvalue weighted by Gasteiger charge is -2.20. The van der Waals surface area contributed by atoms with Crippen LogP contribution >= 0.6 is 23.2 Å². The number of nitrogens with zero attached hydrogens (tertiary/aromatic N) is 1. The zero-order valence-electron chi connectivity index (χ0n) is 9.04. The summed E-state index contributed by atoms with van der Waals surface area (Å²) < 4.78 is 5.40. The number of halogens is 2. The van der Waals surface area contributed by atoms with Crippen LogP contribution in [0.5, 0.6) is 0 Å². The van der Waals surface area contributed by atoms with E-state index in [1.807, 2.05) is 0 Å². The topological polar surface area (TPSA) is 34.1 Å². The minimum absolute atomic E-state index is 0.244. The number of nitrogens with one attached hydrogen (secondary N) is 1. The van der Waals surface area contributed by atoms with Crippen molar-refractivity contribution in [1.82, 2.24) is 4.98 Å². The molecule has 1 aromatic heterocycles. The number of hydrogen-bond acceptors (Lipinski definition) is 3. The number of ether oxygens (including phenoxy) is 1. The molecule has 16 heavy (non-hydrogen) atoms. The van der Waals surface area contributed by atoms with Crippen molar-refractivity contribution in [2.75, 3.05) is 12.4 Å². The van der Waals surface area contributed by atoms with Crippen LogP contribution in [0.4, 0.5) is 5.82 Å². The van der Waals surface area contributed by atoms with Crippen molar-refractivity contribution in [3.8, 4) is 0 Å². The summed E-state index contributed by atoms with van der Waals surface area (Å²) >= 11 is 11.8. The van der Waals surface area contributed by atoms with Crippen molar-refractivity contribution < 1.29 is 4.74 Å². The van der Waals surface area contributed by atoms with Crippen LogP contribution in [-0.4, -0.2) is 24.2 Å². The molecule has 88 valence electrons. The molecular weight excluding hydrogens is 247 g/mol. The van der Waals surface area contributed by atoms with Gasteiger partial charge in [0.2, 0.25) is 0 Å². The maximum absolute atomic E-state index is 6.05. The van der Waals surface area contributed by atoms with Crippen molar-refractivity contribution in [3.63, 3.8) is 0 Å². The van der Waals surface area contributed by atoms with E-state index in [0.29, 0.717) is 15.9 Å². The fourth-order valence-electron chi connectivity index (χ4n) is 2.07. The molecule has 1 N–H and O–H groups in total. The van der Waals surface area contributed by atoms with Crippen LogP contribution in [0.1, 0.15) is 19.3 Å². The number of anilines is 1. The summed E-state index contributed by atoms with van der Waals surface area (Å²) in [7, 11) is 1.74. The van der Waals surface area contributed by atoms with E-state index >= 15 is 0 Å². The van der Waals surface area contributed by atoms with Crippen LogP contribution in [0.3, 0.4) is 0 Å². The zero-order chi connectivity index (χ0) is 11.5. The number of hydrogen-bond donors (Lipinski definition) is 1. The zero-order valence-corrected chi connectivity index (χ0v) is 10.6. The molecule has 3 nitrogen and oxygen atoms in total. The lowest BCUT2D eigenvalue weighted by Crippen LogP contribution is -2.30. The van der Waals surface area contributed by atoms with Gasteiger partial charge in [-0.25, -0.2) is 4.98 Å². The first-order chi connectivity index (χ1) is 7.70. The van der Waals surface area contributed by atoms with Crippen LogP contribution in [0.15, 0.2) is 12.3 Å². The average Bonchev–Trinajstić information content (AvgIpc) is 2.69. The highest BCUT2D eigenvalue weighted by molar-refractivity contribution is 6.35. The molecule has 0 saturated heterocycles. The van der Waals surface area contributed by atoms with Crippen LogP contribution in [0.2, 0.25) is 10.0 Å². The average molecular weight is 261 g/mol. The Morgan fingerprint density at radius 3 is 2.94 bits per heavy atom. The second kappa shape index (κ2) is 5.21. The van der Waals surface area contributed by atoms with E-state index in [-0.39, 0.29) is 12.1 Å². The predicted octanol–water partition coefficient (Wildman–Crippen LogP) is 3.37. The molecule has 0 aliphatic heterocycles. The van der Waals surface area contributed by atoms with Crippen molar-refractivity contribution in [2.24, 2.45) is 0 Å². The molecule has 0 bridgehead atoms. The van der Waals surface area contributed by atoms with E-state index in [4.69, 9.17) is 27.9 Å². The highest BCUT2D eigenvalue weighted by Crippen LogP contribution is 2.28. The summed E-state index contributed by atoms with van der Waals surface area (Å²) in [6.45, 7) is 0. The fraction of sp³-hybridized carbons (Fsp3) is 0.545. The van der Waals surface area contributed by atoms with Gasteiger partial charge < -0.3 is 10.1 Å². The Kier molecular flexibility index (Phi) is 3.90. The Morgan fingerprint density at radius 1 is 1.44 bits per heavy atom. The van der Waals surface area contributed by atoms with Gasteiger partial charge in [0.15, 0.2) is 0 Å². The Morgan fingerprint density at radius 2 is 2.25 bits per heavy atom. The molecule has 2 unspecified atom stereocenters. The third kappa shape index (κ3) is 2.59. The summed E-state index contributed by atoms with van der Waals surface area (Å²) in [5.74, 6) is 0.681. The van der Waals surface area contributed by atoms with E-state index in [2.05, 4.69) is 10.3 Å². The van der Waals surface area contributed by atoms with E-state index in [9.17, 15) is 0 Å². The fourth-order valence-corrected chi connectivity index (χ4v) is 2.50. The molecule has 5 heteroatoms. The predicted molar refractivity (Wildman–Crippen MR) is 66.3 cm³/mol. The van der Waals surface area contributed by atoms with Gasteiger partial charge in [-0.3, -0.25) is 0 Å². The largest absolute Gasteiger partial charge is 0.379 e. The summed E-state index contributed by atoms with van der Waals surface area (Å²) in [6.07, 6.45) is 5.17. The van der Waals surface area contributed by atoms with Crippen LogP contribution in [0.25, 0.3) is 0 Å². The van der Waals surface area contributed by atoms with Gasteiger partial charge in [0.25, 0.3) is 0 Å². The third-order valence-electron chi connectivity index (χ3n) is 2.89. The number of pyridine rings is 1. The Hall–Kier alpha value is -0.510. The Bertz CT molecular complexity index is 373. The quantitative estimate of drug-likeness (QED) is 0.905. The molecule has 1 aliphatic rings. The second-order valence-electron chi connectivity index (χ2n) is 3.94. The van der Waals surface area contributed by atoms with Crippen LogP contribution in [0, 0.1) is 0 Å². The minimum Gasteiger partial charge on any atom is -0.379 e. The van der Waals surface area contributed by atoms with E-state index in [0.717, 1.165) is 12.8 Å². The van der Waals surface area contributed by atoms with Crippen molar-refractivity contribution in [1.29, 1.82) is 0 Å². The maximum Gasteiger partial charge on any atom is 0.145 e. The van der Waals surface area contributed by atoms with Crippen LogP contribution in [-0.2, 0) is 4.74 Å². The maximum atomic E-state index is 6.05. The Labute approximate surface area is 105 Å². The first-order valence-corrected chi connectivity index (χ1v) is 6.06. The van der Waals surface area contributed by atoms with E-state index in [1.165, 1.54) is 6.42 Å². The molecule has 1 fully saturated rings. The number of rotatable bonds is 3. The van der Waals surface area contributed by atoms with Gasteiger partial charge >= 0.3 is 0 Å². The number of aromatic nitrogens is 1. The molecule has 2 atom stereocenters. The summed E-state index contributed by atoms with van der Waals surface area (Å²) in [4.78, 5) is 4.18. The standard InChI is InChI=1S/C11H14Cl2N2O/c1-16-10-4-2-3-9(10)15-11-8(13)5-7(12)6-14-11/h5-6,9-10H,2-4H2,1H3,(H,14,15). The molecule has 0 radical (unpaired) electrons. The molecule has 2 rings (SSSR count). The third-order valence-corrected chi connectivity index (χ3v) is 3.38. The molecule has 0 aromatic carbocycles. The van der Waals surface area contributed by atoms with Crippen LogP contribution < -0.4 is 5.32 Å². The minimum atomic E-state index is 0.244. The molecule has 1 aliphatic carbocycles. The summed E-state index contributed by atoms with van der Waals surface area (Å²) in [6, 6.07) is 1.98. The van der Waals surface area contributed by atoms with Crippen molar-refractivity contribution >= 4 is 29.0 Å². The van der Waals surface area contributed by atoms with Gasteiger partial charge in [-0.05, 0) is 25.3 Å². The first kappa shape index (κ1) is 12.0. The second-order valence-corrected chi connectivity index (χ2v) is 4.78. The molecule has 1 heterocycles. The van der Waals surface area contributed by atoms with Gasteiger partial charge in [-0.15, -0.1) is 0 Å². The van der Waals surface area contributed by atoms with Crippen molar-refractivity contribution in [2.45, 2.75) is 31.4 Å². The normalized spacial score (nSPS) is 24.7. The van der Waals surface area contributed by atoms with Gasteiger partial charge in [0.05, 0.1) is 22.2 Å². The van der Waals surface area contributed by atoms with Gasteiger partial charge in [0, 0.05) is 13.3 Å². The molecule has 1 aromatic rings. The summed E-state index contributed by atoms with van der Waals surface area (Å²) in [5.41, 5.74) is 0. The van der Waals surface area contributed by atoms with Gasteiger partial charge in [0.1, 0.15) is 5.82 Å². The van der Waals surface area contributed by atoms with E-state index < -0.39 is 0 Å². The SMILES string of the molecule is COC1CCCC1Nc1ncc(Cl)cc1Cl. The lowest BCUT2D eigenvalue weighted by atomic mass is 10.2. The lowest BCUT2D eigenvalue weighted by molar-refractivity contribution is 0.101. The Balaban J connectivity index is 2.08. The van der Waals surface area contributed by atoms with Gasteiger partial charge in [-0.2, -0.15) is 0 Å². The highest BCUT2D eigenvalue weighted by atomic mass is 35.5. The van der Waals surface area contributed by atoms with Gasteiger partial charge in [-0.1, -0.05) is 23.2 Å². The molecule has 0 amide bonds. The molecule has 0 spiro atoms. The monoisotopic (exact) mass is 260 g/mol. The smallest absolute Gasteiger partial charge is 0.145 e. The molecular formula is C11H14Cl2N2O. The summed E-state index contributed by atoms with van der Waals surface area (Å²) in [5, 5.41) is 4.41. The highest BCUT2D eigenvalue weighted by Gasteiger charge is 2.27. The van der Waals surface area contributed by atoms with E-state index in [1.54, 1.807) is 19.4 Å². The number of methoxy groups -OCH3 is 1. The molecule has 1 saturated carbocycles. The van der Waals surface area contributed by atoms with Crippen molar-refractivity contribution in [3.05, 3.63) is 22.3 Å².